The van der Waals surface area contributed by atoms with Crippen LogP contribution in [-0.2, 0) is 10.0 Å². The van der Waals surface area contributed by atoms with Crippen molar-refractivity contribution in [1.29, 1.82) is 0 Å². The van der Waals surface area contributed by atoms with Crippen molar-refractivity contribution in [3.8, 4) is 5.75 Å². The summed E-state index contributed by atoms with van der Waals surface area (Å²) in [5.41, 5.74) is 1.23. The lowest BCUT2D eigenvalue weighted by atomic mass is 10.0. The summed E-state index contributed by atoms with van der Waals surface area (Å²) in [5, 5.41) is 0. The van der Waals surface area contributed by atoms with Gasteiger partial charge in [0, 0.05) is 12.6 Å². The molecule has 0 atom stereocenters. The van der Waals surface area contributed by atoms with Gasteiger partial charge in [-0.1, -0.05) is 32.0 Å². The Morgan fingerprint density at radius 1 is 1.10 bits per heavy atom. The first kappa shape index (κ1) is 22.7. The lowest BCUT2D eigenvalue weighted by Gasteiger charge is -2.32. The van der Waals surface area contributed by atoms with E-state index >= 15 is 0 Å². The zero-order chi connectivity index (χ0) is 21.6. The Bertz CT molecular complexity index is 908. The number of halogens is 1. The second-order valence-electron chi connectivity index (χ2n) is 8.09. The van der Waals surface area contributed by atoms with E-state index in [1.54, 1.807) is 0 Å². The molecule has 1 aliphatic heterocycles. The maximum absolute atomic E-state index is 13.0. The van der Waals surface area contributed by atoms with Crippen LogP contribution in [0, 0.1) is 5.82 Å². The van der Waals surface area contributed by atoms with E-state index in [0.29, 0.717) is 12.5 Å². The Labute approximate surface area is 179 Å². The Morgan fingerprint density at radius 3 is 2.43 bits per heavy atom. The van der Waals surface area contributed by atoms with Crippen LogP contribution in [0.15, 0.2) is 53.4 Å². The Morgan fingerprint density at radius 2 is 1.77 bits per heavy atom. The van der Waals surface area contributed by atoms with Gasteiger partial charge in [-0.2, -0.15) is 0 Å². The van der Waals surface area contributed by atoms with Crippen LogP contribution in [0.25, 0.3) is 0 Å². The molecule has 0 spiro atoms. The molecule has 1 saturated heterocycles. The first-order valence-electron chi connectivity index (χ1n) is 10.6. The van der Waals surface area contributed by atoms with E-state index in [-0.39, 0.29) is 10.9 Å². The monoisotopic (exact) mass is 434 g/mol. The summed E-state index contributed by atoms with van der Waals surface area (Å²) in [5.74, 6) is 0.944. The summed E-state index contributed by atoms with van der Waals surface area (Å²) in [6.07, 6.45) is 2.45. The maximum Gasteiger partial charge on any atom is 0.240 e. The first-order valence-corrected chi connectivity index (χ1v) is 12.1. The van der Waals surface area contributed by atoms with Crippen LogP contribution in [0.1, 0.15) is 44.6 Å². The predicted molar refractivity (Wildman–Crippen MR) is 117 cm³/mol. The lowest BCUT2D eigenvalue weighted by molar-refractivity contribution is 0.189. The van der Waals surface area contributed by atoms with Crippen LogP contribution in [-0.4, -0.2) is 45.6 Å². The van der Waals surface area contributed by atoms with E-state index in [4.69, 9.17) is 4.74 Å². The number of hydrogen-bond donors (Lipinski definition) is 1. The third kappa shape index (κ3) is 6.27. The van der Waals surface area contributed by atoms with Crippen LogP contribution < -0.4 is 9.46 Å². The van der Waals surface area contributed by atoms with Gasteiger partial charge in [0.25, 0.3) is 0 Å². The molecule has 0 aliphatic carbocycles. The molecule has 164 valence electrons. The Kier molecular flexibility index (Phi) is 7.86. The van der Waals surface area contributed by atoms with Crippen molar-refractivity contribution < 1.29 is 17.5 Å². The number of nitrogens with one attached hydrogen (secondary N) is 1. The molecule has 7 heteroatoms. The number of para-hydroxylation sites is 1. The van der Waals surface area contributed by atoms with Crippen molar-refractivity contribution in [3.05, 3.63) is 59.9 Å². The van der Waals surface area contributed by atoms with Gasteiger partial charge in [0.15, 0.2) is 0 Å². The molecule has 3 rings (SSSR count). The van der Waals surface area contributed by atoms with E-state index in [9.17, 15) is 12.8 Å². The molecule has 1 fully saturated rings. The SMILES string of the molecule is CC(C)c1ccccc1OCCCN1CCC(NS(=O)(=O)c2ccc(F)cc2)CC1. The Balaban J connectivity index is 1.39. The van der Waals surface area contributed by atoms with Crippen LogP contribution in [0.5, 0.6) is 5.75 Å². The Hall–Kier alpha value is -1.96. The topological polar surface area (TPSA) is 58.6 Å². The predicted octanol–water partition coefficient (Wildman–Crippen LogP) is 4.16. The van der Waals surface area contributed by atoms with Crippen LogP contribution >= 0.6 is 0 Å². The quantitative estimate of drug-likeness (QED) is 0.602. The molecule has 1 aliphatic rings. The van der Waals surface area contributed by atoms with E-state index in [0.717, 1.165) is 44.6 Å². The van der Waals surface area contributed by atoms with E-state index in [2.05, 4.69) is 29.5 Å². The van der Waals surface area contributed by atoms with Gasteiger partial charge >= 0.3 is 0 Å². The van der Waals surface area contributed by atoms with Gasteiger partial charge in [0.05, 0.1) is 11.5 Å². The van der Waals surface area contributed by atoms with Gasteiger partial charge in [-0.15, -0.1) is 0 Å². The molecule has 2 aromatic rings. The molecular formula is C23H31FN2O3S. The molecule has 0 amide bonds. The normalized spacial score (nSPS) is 16.1. The highest BCUT2D eigenvalue weighted by Crippen LogP contribution is 2.26. The summed E-state index contributed by atoms with van der Waals surface area (Å²) < 4.78 is 46.7. The molecule has 5 nitrogen and oxygen atoms in total. The van der Waals surface area contributed by atoms with Crippen molar-refractivity contribution in [3.63, 3.8) is 0 Å². The fourth-order valence-corrected chi connectivity index (χ4v) is 5.04. The van der Waals surface area contributed by atoms with Crippen LogP contribution in [0.4, 0.5) is 4.39 Å². The van der Waals surface area contributed by atoms with Crippen molar-refractivity contribution in [2.24, 2.45) is 0 Å². The summed E-state index contributed by atoms with van der Waals surface area (Å²) >= 11 is 0. The standard InChI is InChI=1S/C23H31FN2O3S/c1-18(2)22-6-3-4-7-23(22)29-17-5-14-26-15-12-20(13-16-26)25-30(27,28)21-10-8-19(24)9-11-21/h3-4,6-11,18,20,25H,5,12-17H2,1-2H3. The van der Waals surface area contributed by atoms with Gasteiger partial charge in [-0.05, 0) is 74.2 Å². The number of hydrogen-bond acceptors (Lipinski definition) is 4. The number of ether oxygens (including phenoxy) is 1. The van der Waals surface area contributed by atoms with E-state index < -0.39 is 15.8 Å². The molecule has 1 N–H and O–H groups in total. The maximum atomic E-state index is 13.0. The molecule has 0 saturated carbocycles. The number of nitrogens with zero attached hydrogens (tertiary/aromatic N) is 1. The third-order valence-electron chi connectivity index (χ3n) is 5.45. The summed E-state index contributed by atoms with van der Waals surface area (Å²) in [4.78, 5) is 2.45. The molecule has 0 radical (unpaired) electrons. The molecule has 2 aromatic carbocycles. The smallest absolute Gasteiger partial charge is 0.240 e. The van der Waals surface area contributed by atoms with Crippen molar-refractivity contribution in [2.75, 3.05) is 26.2 Å². The number of sulfonamides is 1. The van der Waals surface area contributed by atoms with Crippen LogP contribution in [0.3, 0.4) is 0 Å². The van der Waals surface area contributed by atoms with Gasteiger partial charge in [-0.3, -0.25) is 0 Å². The molecule has 0 bridgehead atoms. The minimum Gasteiger partial charge on any atom is -0.493 e. The average Bonchev–Trinajstić information content (AvgIpc) is 2.72. The van der Waals surface area contributed by atoms with E-state index in [1.807, 2.05) is 18.2 Å². The minimum atomic E-state index is -3.61. The van der Waals surface area contributed by atoms with Gasteiger partial charge in [0.1, 0.15) is 11.6 Å². The summed E-state index contributed by atoms with van der Waals surface area (Å²) in [7, 11) is -3.61. The van der Waals surface area contributed by atoms with Gasteiger partial charge in [-0.25, -0.2) is 17.5 Å². The second kappa shape index (κ2) is 10.4. The third-order valence-corrected chi connectivity index (χ3v) is 6.99. The molecule has 1 heterocycles. The largest absolute Gasteiger partial charge is 0.493 e. The summed E-state index contributed by atoms with van der Waals surface area (Å²) in [6, 6.07) is 13.0. The molecule has 0 unspecified atom stereocenters. The molecule has 30 heavy (non-hydrogen) atoms. The fraction of sp³-hybridized carbons (Fsp3) is 0.478. The van der Waals surface area contributed by atoms with Crippen molar-refractivity contribution in [2.45, 2.75) is 50.0 Å². The number of likely N-dealkylation sites (tertiary alicyclic amines) is 1. The number of benzene rings is 2. The highest BCUT2D eigenvalue weighted by Gasteiger charge is 2.24. The first-order chi connectivity index (χ1) is 14.3. The summed E-state index contributed by atoms with van der Waals surface area (Å²) in [6.45, 7) is 7.62. The zero-order valence-corrected chi connectivity index (χ0v) is 18.5. The van der Waals surface area contributed by atoms with Gasteiger partial charge < -0.3 is 9.64 Å². The molecule has 0 aromatic heterocycles. The van der Waals surface area contributed by atoms with E-state index in [1.165, 1.54) is 29.8 Å². The molecular weight excluding hydrogens is 403 g/mol. The van der Waals surface area contributed by atoms with Crippen LogP contribution in [0.2, 0.25) is 0 Å². The fourth-order valence-electron chi connectivity index (χ4n) is 3.73. The van der Waals surface area contributed by atoms with Gasteiger partial charge in [0.2, 0.25) is 10.0 Å². The second-order valence-corrected chi connectivity index (χ2v) is 9.80. The zero-order valence-electron chi connectivity index (χ0n) is 17.7. The average molecular weight is 435 g/mol. The highest BCUT2D eigenvalue weighted by atomic mass is 32.2. The number of piperidine rings is 1. The van der Waals surface area contributed by atoms with Crippen molar-refractivity contribution >= 4 is 10.0 Å². The highest BCUT2D eigenvalue weighted by molar-refractivity contribution is 7.89. The van der Waals surface area contributed by atoms with Crippen molar-refractivity contribution in [1.82, 2.24) is 9.62 Å². The number of rotatable bonds is 9. The lowest BCUT2D eigenvalue weighted by Crippen LogP contribution is -2.44. The minimum absolute atomic E-state index is 0.0922.